The summed E-state index contributed by atoms with van der Waals surface area (Å²) in [5.74, 6) is 0.190. The summed E-state index contributed by atoms with van der Waals surface area (Å²) >= 11 is 1.49. The molecular weight excluding hydrogens is 314 g/mol. The van der Waals surface area contributed by atoms with E-state index in [1.165, 1.54) is 18.3 Å². The molecule has 0 aliphatic rings. The molecule has 122 valence electrons. The third-order valence-electron chi connectivity index (χ3n) is 2.99. The standard InChI is InChI=1S/C17H19NO4S/c1-13(19)18-15(16-8-5-11-23-16)12-17(20)22-10-9-21-14-6-3-2-4-7-14/h2-8,11,15H,9-10,12H2,1H3,(H,18,19). The number of hydrogen-bond acceptors (Lipinski definition) is 5. The van der Waals surface area contributed by atoms with Gasteiger partial charge in [0.1, 0.15) is 19.0 Å². The molecule has 2 rings (SSSR count). The van der Waals surface area contributed by atoms with E-state index in [0.717, 1.165) is 10.6 Å². The van der Waals surface area contributed by atoms with Gasteiger partial charge in [0.2, 0.25) is 5.91 Å². The van der Waals surface area contributed by atoms with Crippen molar-refractivity contribution in [1.82, 2.24) is 5.32 Å². The minimum Gasteiger partial charge on any atom is -0.490 e. The van der Waals surface area contributed by atoms with E-state index < -0.39 is 0 Å². The largest absolute Gasteiger partial charge is 0.490 e. The molecule has 0 bridgehead atoms. The number of ether oxygens (including phenoxy) is 2. The molecule has 0 aliphatic heterocycles. The van der Waals surface area contributed by atoms with Gasteiger partial charge in [0.15, 0.2) is 0 Å². The first-order chi connectivity index (χ1) is 11.1. The van der Waals surface area contributed by atoms with Crippen molar-refractivity contribution in [3.63, 3.8) is 0 Å². The second-order valence-corrected chi connectivity index (χ2v) is 5.83. The lowest BCUT2D eigenvalue weighted by molar-refractivity contribution is -0.145. The number of nitrogens with one attached hydrogen (secondary N) is 1. The molecular formula is C17H19NO4S. The van der Waals surface area contributed by atoms with E-state index in [1.54, 1.807) is 0 Å². The predicted octanol–water partition coefficient (Wildman–Crippen LogP) is 2.94. The first-order valence-electron chi connectivity index (χ1n) is 7.29. The van der Waals surface area contributed by atoms with Crippen LogP contribution in [0.15, 0.2) is 47.8 Å². The van der Waals surface area contributed by atoms with Crippen LogP contribution in [-0.4, -0.2) is 25.1 Å². The number of carbonyl (C=O) groups excluding carboxylic acids is 2. The van der Waals surface area contributed by atoms with Crippen molar-refractivity contribution < 1.29 is 19.1 Å². The van der Waals surface area contributed by atoms with Crippen molar-refractivity contribution in [2.45, 2.75) is 19.4 Å². The SMILES string of the molecule is CC(=O)NC(CC(=O)OCCOc1ccccc1)c1cccs1. The number of esters is 1. The van der Waals surface area contributed by atoms with Crippen LogP contribution in [-0.2, 0) is 14.3 Å². The van der Waals surface area contributed by atoms with Crippen molar-refractivity contribution in [2.24, 2.45) is 0 Å². The molecule has 1 N–H and O–H groups in total. The van der Waals surface area contributed by atoms with Gasteiger partial charge in [0.25, 0.3) is 0 Å². The van der Waals surface area contributed by atoms with Crippen LogP contribution in [0.4, 0.5) is 0 Å². The number of para-hydroxylation sites is 1. The Morgan fingerprint density at radius 3 is 2.57 bits per heavy atom. The van der Waals surface area contributed by atoms with Crippen molar-refractivity contribution in [1.29, 1.82) is 0 Å². The molecule has 0 radical (unpaired) electrons. The Hall–Kier alpha value is -2.34. The Morgan fingerprint density at radius 1 is 1.13 bits per heavy atom. The van der Waals surface area contributed by atoms with Crippen LogP contribution in [0.5, 0.6) is 5.75 Å². The number of rotatable bonds is 8. The molecule has 0 saturated carbocycles. The van der Waals surface area contributed by atoms with Crippen molar-refractivity contribution in [3.8, 4) is 5.75 Å². The number of thiophene rings is 1. The van der Waals surface area contributed by atoms with Gasteiger partial charge in [0.05, 0.1) is 12.5 Å². The van der Waals surface area contributed by atoms with Crippen LogP contribution < -0.4 is 10.1 Å². The van der Waals surface area contributed by atoms with Gasteiger partial charge in [-0.25, -0.2) is 0 Å². The predicted molar refractivity (Wildman–Crippen MR) is 88.4 cm³/mol. The zero-order valence-electron chi connectivity index (χ0n) is 12.9. The maximum Gasteiger partial charge on any atom is 0.308 e. The fourth-order valence-corrected chi connectivity index (χ4v) is 2.79. The molecule has 0 spiro atoms. The summed E-state index contributed by atoms with van der Waals surface area (Å²) in [4.78, 5) is 24.1. The average molecular weight is 333 g/mol. The van der Waals surface area contributed by atoms with E-state index in [9.17, 15) is 9.59 Å². The van der Waals surface area contributed by atoms with Gasteiger partial charge in [-0.05, 0) is 23.6 Å². The zero-order chi connectivity index (χ0) is 16.5. The van der Waals surface area contributed by atoms with Crippen LogP contribution in [0.2, 0.25) is 0 Å². The Labute approximate surface area is 139 Å². The fourth-order valence-electron chi connectivity index (χ4n) is 2.01. The highest BCUT2D eigenvalue weighted by Crippen LogP contribution is 2.22. The summed E-state index contributed by atoms with van der Waals surface area (Å²) in [6.45, 7) is 1.89. The summed E-state index contributed by atoms with van der Waals surface area (Å²) < 4.78 is 10.6. The van der Waals surface area contributed by atoms with Crippen molar-refractivity contribution in [3.05, 3.63) is 52.7 Å². The Balaban J connectivity index is 1.74. The highest BCUT2D eigenvalue weighted by Gasteiger charge is 2.18. The van der Waals surface area contributed by atoms with E-state index >= 15 is 0 Å². The van der Waals surface area contributed by atoms with Gasteiger partial charge in [0, 0.05) is 11.8 Å². The molecule has 2 aromatic rings. The van der Waals surface area contributed by atoms with Gasteiger partial charge in [-0.15, -0.1) is 11.3 Å². The second-order valence-electron chi connectivity index (χ2n) is 4.85. The monoisotopic (exact) mass is 333 g/mol. The number of benzene rings is 1. The van der Waals surface area contributed by atoms with Crippen LogP contribution in [0, 0.1) is 0 Å². The normalized spacial score (nSPS) is 11.5. The molecule has 0 aliphatic carbocycles. The highest BCUT2D eigenvalue weighted by molar-refractivity contribution is 7.10. The molecule has 1 heterocycles. The molecule has 0 fully saturated rings. The first kappa shape index (κ1) is 17.0. The van der Waals surface area contributed by atoms with E-state index in [0.29, 0.717) is 6.61 Å². The van der Waals surface area contributed by atoms with E-state index in [4.69, 9.17) is 9.47 Å². The molecule has 1 aromatic heterocycles. The van der Waals surface area contributed by atoms with Crippen LogP contribution >= 0.6 is 11.3 Å². The van der Waals surface area contributed by atoms with Crippen LogP contribution in [0.3, 0.4) is 0 Å². The molecule has 1 amide bonds. The number of amides is 1. The lowest BCUT2D eigenvalue weighted by Gasteiger charge is -2.15. The van der Waals surface area contributed by atoms with E-state index in [1.807, 2.05) is 47.8 Å². The molecule has 6 heteroatoms. The summed E-state index contributed by atoms with van der Waals surface area (Å²) in [7, 11) is 0. The molecule has 0 saturated heterocycles. The lowest BCUT2D eigenvalue weighted by Crippen LogP contribution is -2.28. The van der Waals surface area contributed by atoms with Gasteiger partial charge in [-0.2, -0.15) is 0 Å². The Morgan fingerprint density at radius 2 is 1.91 bits per heavy atom. The van der Waals surface area contributed by atoms with E-state index in [2.05, 4.69) is 5.32 Å². The zero-order valence-corrected chi connectivity index (χ0v) is 13.7. The maximum absolute atomic E-state index is 11.9. The topological polar surface area (TPSA) is 64.6 Å². The average Bonchev–Trinajstić information content (AvgIpc) is 3.06. The molecule has 23 heavy (non-hydrogen) atoms. The van der Waals surface area contributed by atoms with Crippen molar-refractivity contribution in [2.75, 3.05) is 13.2 Å². The molecule has 5 nitrogen and oxygen atoms in total. The Bertz CT molecular complexity index is 613. The Kier molecular flexibility index (Phi) is 6.62. The molecule has 1 aromatic carbocycles. The summed E-state index contributed by atoms with van der Waals surface area (Å²) in [5, 5.41) is 4.67. The summed E-state index contributed by atoms with van der Waals surface area (Å²) in [5.41, 5.74) is 0. The van der Waals surface area contributed by atoms with Crippen LogP contribution in [0.1, 0.15) is 24.3 Å². The van der Waals surface area contributed by atoms with Gasteiger partial charge in [-0.3, -0.25) is 9.59 Å². The van der Waals surface area contributed by atoms with Crippen molar-refractivity contribution >= 4 is 23.2 Å². The third kappa shape index (κ3) is 6.12. The second kappa shape index (κ2) is 8.95. The first-order valence-corrected chi connectivity index (χ1v) is 8.17. The van der Waals surface area contributed by atoms with Crippen LogP contribution in [0.25, 0.3) is 0 Å². The number of carbonyl (C=O) groups is 2. The molecule has 1 unspecified atom stereocenters. The van der Waals surface area contributed by atoms with Gasteiger partial charge < -0.3 is 14.8 Å². The summed E-state index contributed by atoms with van der Waals surface area (Å²) in [6.07, 6.45) is 0.103. The molecule has 1 atom stereocenters. The smallest absolute Gasteiger partial charge is 0.308 e. The third-order valence-corrected chi connectivity index (χ3v) is 3.98. The fraction of sp³-hybridized carbons (Fsp3) is 0.294. The maximum atomic E-state index is 11.9. The van der Waals surface area contributed by atoms with Gasteiger partial charge >= 0.3 is 5.97 Å². The highest BCUT2D eigenvalue weighted by atomic mass is 32.1. The lowest BCUT2D eigenvalue weighted by atomic mass is 10.1. The van der Waals surface area contributed by atoms with Gasteiger partial charge in [-0.1, -0.05) is 24.3 Å². The summed E-state index contributed by atoms with van der Waals surface area (Å²) in [6, 6.07) is 12.7. The van der Waals surface area contributed by atoms with E-state index in [-0.39, 0.29) is 30.9 Å². The quantitative estimate of drug-likeness (QED) is 0.596. The number of hydrogen-bond donors (Lipinski definition) is 1. The minimum absolute atomic E-state index is 0.103. The minimum atomic E-state index is -0.367.